The van der Waals surface area contributed by atoms with Crippen molar-refractivity contribution in [3.05, 3.63) is 75.9 Å². The van der Waals surface area contributed by atoms with Gasteiger partial charge in [-0.3, -0.25) is 0 Å². The number of hydrogen-bond donors (Lipinski definition) is 0. The Morgan fingerprint density at radius 2 is 1.48 bits per heavy atom. The molecule has 4 nitrogen and oxygen atoms in total. The molecule has 2 rings (SSSR count). The molecule has 0 saturated heterocycles. The van der Waals surface area contributed by atoms with Gasteiger partial charge in [0.2, 0.25) is 0 Å². The van der Waals surface area contributed by atoms with Gasteiger partial charge in [0.15, 0.2) is 0 Å². The van der Waals surface area contributed by atoms with Crippen LogP contribution in [-0.4, -0.2) is 14.1 Å². The van der Waals surface area contributed by atoms with E-state index in [4.69, 9.17) is 11.8 Å². The van der Waals surface area contributed by atoms with Crippen molar-refractivity contribution in [3.8, 4) is 12.1 Å². The van der Waals surface area contributed by atoms with Crippen molar-refractivity contribution in [1.29, 1.82) is 10.5 Å². The molecule has 0 radical (unpaired) electrons. The summed E-state index contributed by atoms with van der Waals surface area (Å²) in [5, 5.41) is 19.7. The minimum absolute atomic E-state index is 0.0467. The van der Waals surface area contributed by atoms with E-state index in [1.54, 1.807) is 24.3 Å². The summed E-state index contributed by atoms with van der Waals surface area (Å²) in [6.45, 7) is 6.96. The van der Waals surface area contributed by atoms with E-state index in [9.17, 15) is 5.26 Å². The molecule has 0 spiro atoms. The molecule has 0 aliphatic heterocycles. The predicted octanol–water partition coefficient (Wildman–Crippen LogP) is 2.03. The fourth-order valence-corrected chi connectivity index (χ4v) is 2.17. The van der Waals surface area contributed by atoms with Crippen LogP contribution in [0.15, 0.2) is 48.5 Å². The molecule has 110 valence electrons. The molecule has 4 heteroatoms. The van der Waals surface area contributed by atoms with E-state index < -0.39 is 0 Å². The highest BCUT2D eigenvalue weighted by Crippen LogP contribution is 2.16. The molecule has 0 unspecified atom stereocenters. The summed E-state index contributed by atoms with van der Waals surface area (Å²) in [6, 6.07) is 18.7. The average Bonchev–Trinajstić information content (AvgIpc) is 2.58. The van der Waals surface area contributed by atoms with E-state index in [2.05, 4.69) is 10.9 Å². The number of anilines is 1. The van der Waals surface area contributed by atoms with Crippen LogP contribution < -0.4 is 15.3 Å². The second-order valence-electron chi connectivity index (χ2n) is 5.08. The molecule has 23 heavy (non-hydrogen) atoms. The van der Waals surface area contributed by atoms with Gasteiger partial charge in [-0.05, 0) is 28.1 Å². The van der Waals surface area contributed by atoms with Crippen molar-refractivity contribution < 1.29 is 0 Å². The van der Waals surface area contributed by atoms with E-state index in [0.717, 1.165) is 16.5 Å². The molecule has 0 aliphatic carbocycles. The Kier molecular flexibility index (Phi) is 4.78. The van der Waals surface area contributed by atoms with Crippen LogP contribution in [0.5, 0.6) is 0 Å². The van der Waals surface area contributed by atoms with Gasteiger partial charge in [-0.15, -0.1) is 0 Å². The Labute approximate surface area is 135 Å². The number of hydrogen-bond acceptors (Lipinski definition) is 3. The van der Waals surface area contributed by atoms with E-state index in [1.165, 1.54) is 0 Å². The zero-order chi connectivity index (χ0) is 16.8. The monoisotopic (exact) mass is 298 g/mol. The van der Waals surface area contributed by atoms with Gasteiger partial charge in [-0.1, -0.05) is 36.4 Å². The number of nitriles is 2. The Morgan fingerprint density at radius 1 is 0.913 bits per heavy atom. The number of benzene rings is 2. The van der Waals surface area contributed by atoms with Gasteiger partial charge >= 0.3 is 0 Å². The smallest absolute Gasteiger partial charge is 0.268 e. The fourth-order valence-electron chi connectivity index (χ4n) is 2.17. The van der Waals surface area contributed by atoms with Crippen LogP contribution in [0, 0.1) is 29.2 Å². The molecule has 0 aliphatic rings. The van der Waals surface area contributed by atoms with Crippen LogP contribution >= 0.6 is 0 Å². The molecule has 0 fully saturated rings. The van der Waals surface area contributed by atoms with E-state index in [-0.39, 0.29) is 5.70 Å². The van der Waals surface area contributed by atoms with Crippen molar-refractivity contribution >= 4 is 17.0 Å². The Bertz CT molecular complexity index is 923. The lowest BCUT2D eigenvalue weighted by Gasteiger charge is -2.12. The molecular weight excluding hydrogens is 284 g/mol. The molecule has 2 aromatic rings. The third-order valence-electron chi connectivity index (χ3n) is 3.45. The van der Waals surface area contributed by atoms with Crippen molar-refractivity contribution in [2.75, 3.05) is 19.0 Å². The quantitative estimate of drug-likeness (QED) is 0.797. The standard InChI is InChI=1S/C19H14N4/c1-22-19(13-21)16-6-4-14(5-7-16)18(12-20)15-8-10-17(11-9-15)23(2)3/h4-11H,2-3H3. The minimum atomic E-state index is 0.0467. The van der Waals surface area contributed by atoms with Crippen molar-refractivity contribution in [2.24, 2.45) is 0 Å². The Morgan fingerprint density at radius 3 is 1.91 bits per heavy atom. The van der Waals surface area contributed by atoms with Gasteiger partial charge in [0.05, 0.1) is 18.2 Å². The maximum Gasteiger partial charge on any atom is 0.268 e. The number of rotatable bonds is 2. The van der Waals surface area contributed by atoms with E-state index in [1.807, 2.05) is 49.3 Å². The molecule has 0 atom stereocenters. The third kappa shape index (κ3) is 3.38. The van der Waals surface area contributed by atoms with Gasteiger partial charge in [0, 0.05) is 19.8 Å². The molecule has 0 aromatic heterocycles. The predicted molar refractivity (Wildman–Crippen MR) is 90.2 cm³/mol. The fraction of sp³-hybridized carbons (Fsp3) is 0.105. The first-order valence-corrected chi connectivity index (χ1v) is 6.91. The van der Waals surface area contributed by atoms with Gasteiger partial charge in [0.1, 0.15) is 6.07 Å². The molecule has 0 saturated carbocycles. The van der Waals surface area contributed by atoms with Crippen LogP contribution in [0.3, 0.4) is 0 Å². The maximum atomic E-state index is 9.48. The van der Waals surface area contributed by atoms with Crippen LogP contribution in [0.2, 0.25) is 0 Å². The first kappa shape index (κ1) is 15.8. The first-order valence-electron chi connectivity index (χ1n) is 6.91. The van der Waals surface area contributed by atoms with Gasteiger partial charge in [0.25, 0.3) is 5.70 Å². The van der Waals surface area contributed by atoms with E-state index in [0.29, 0.717) is 10.8 Å². The normalized spacial score (nSPS) is 9.17. The van der Waals surface area contributed by atoms with Crippen molar-refractivity contribution in [1.82, 2.24) is 0 Å². The van der Waals surface area contributed by atoms with Crippen molar-refractivity contribution in [3.63, 3.8) is 0 Å². The summed E-state index contributed by atoms with van der Waals surface area (Å²) in [5.41, 5.74) is 2.50. The highest BCUT2D eigenvalue weighted by molar-refractivity contribution is 5.77. The first-order chi connectivity index (χ1) is 11.1. The summed E-state index contributed by atoms with van der Waals surface area (Å²) in [5.74, 6) is 0. The minimum Gasteiger partial charge on any atom is -0.378 e. The van der Waals surface area contributed by atoms with Crippen LogP contribution in [0.25, 0.3) is 16.1 Å². The topological polar surface area (TPSA) is 55.2 Å². The summed E-state index contributed by atoms with van der Waals surface area (Å²) in [6.07, 6.45) is 0. The average molecular weight is 298 g/mol. The summed E-state index contributed by atoms with van der Waals surface area (Å²) in [4.78, 5) is 5.18. The van der Waals surface area contributed by atoms with Gasteiger partial charge in [-0.25, -0.2) is 10.1 Å². The Hall–Kier alpha value is -3.55. The molecule has 0 N–H and O–H groups in total. The zero-order valence-corrected chi connectivity index (χ0v) is 12.9. The van der Waals surface area contributed by atoms with Gasteiger partial charge in [-0.2, -0.15) is 5.26 Å². The molecule has 0 bridgehead atoms. The molecular formula is C19H14N4. The second-order valence-corrected chi connectivity index (χ2v) is 5.08. The largest absolute Gasteiger partial charge is 0.378 e. The lowest BCUT2D eigenvalue weighted by molar-refractivity contribution is 1.13. The Balaban J connectivity index is 2.59. The molecule has 0 heterocycles. The summed E-state index contributed by atoms with van der Waals surface area (Å²) in [7, 11) is 3.92. The van der Waals surface area contributed by atoms with Gasteiger partial charge < -0.3 is 4.90 Å². The SMILES string of the molecule is [C-]#[N+]C(C#N)=c1ccc(=C(C#N)c2ccc(N(C)C)cc2)cc1. The lowest BCUT2D eigenvalue weighted by atomic mass is 10.0. The van der Waals surface area contributed by atoms with Crippen LogP contribution in [-0.2, 0) is 0 Å². The summed E-state index contributed by atoms with van der Waals surface area (Å²) >= 11 is 0. The van der Waals surface area contributed by atoms with Crippen molar-refractivity contribution in [2.45, 2.75) is 0 Å². The summed E-state index contributed by atoms with van der Waals surface area (Å²) < 4.78 is 0. The van der Waals surface area contributed by atoms with E-state index >= 15 is 0 Å². The molecule has 2 aromatic carbocycles. The maximum absolute atomic E-state index is 9.48. The van der Waals surface area contributed by atoms with Crippen LogP contribution in [0.1, 0.15) is 5.56 Å². The lowest BCUT2D eigenvalue weighted by Crippen LogP contribution is -2.12. The third-order valence-corrected chi connectivity index (χ3v) is 3.45. The second kappa shape index (κ2) is 6.94. The highest BCUT2D eigenvalue weighted by Gasteiger charge is 2.03. The number of nitrogens with zero attached hydrogens (tertiary/aromatic N) is 4. The zero-order valence-electron chi connectivity index (χ0n) is 12.9. The van der Waals surface area contributed by atoms with Crippen LogP contribution in [0.4, 0.5) is 5.69 Å². The highest BCUT2D eigenvalue weighted by atomic mass is 15.1. The molecule has 0 amide bonds.